The minimum Gasteiger partial charge on any atom is -0.466 e. The van der Waals surface area contributed by atoms with Gasteiger partial charge in [0.2, 0.25) is 5.90 Å². The third-order valence-electron chi connectivity index (χ3n) is 5.29. The van der Waals surface area contributed by atoms with E-state index in [2.05, 4.69) is 37.0 Å². The van der Waals surface area contributed by atoms with Crippen molar-refractivity contribution in [3.63, 3.8) is 0 Å². The van der Waals surface area contributed by atoms with Gasteiger partial charge in [-0.05, 0) is 23.8 Å². The van der Waals surface area contributed by atoms with Crippen molar-refractivity contribution in [1.82, 2.24) is 24.5 Å². The van der Waals surface area contributed by atoms with Gasteiger partial charge in [-0.3, -0.25) is 4.57 Å². The van der Waals surface area contributed by atoms with Gasteiger partial charge in [0.15, 0.2) is 0 Å². The van der Waals surface area contributed by atoms with Crippen molar-refractivity contribution in [3.8, 4) is 11.4 Å². The number of hydrogen-bond acceptors (Lipinski definition) is 5. The summed E-state index contributed by atoms with van der Waals surface area (Å²) in [7, 11) is 0. The lowest BCUT2D eigenvalue weighted by Crippen LogP contribution is -2.10. The zero-order valence-corrected chi connectivity index (χ0v) is 17.5. The Balaban J connectivity index is 0.00000193. The molecule has 0 radical (unpaired) electrons. The molecule has 6 rings (SSSR count). The first kappa shape index (κ1) is 18.9. The number of halogens is 1. The number of aromatic nitrogens is 5. The molecule has 0 fully saturated rings. The lowest BCUT2D eigenvalue weighted by molar-refractivity contribution is 0.229. The van der Waals surface area contributed by atoms with Crippen LogP contribution in [-0.2, 0) is 11.2 Å². The summed E-state index contributed by atoms with van der Waals surface area (Å²) in [6.07, 6.45) is 4.08. The predicted molar refractivity (Wildman–Crippen MR) is 118 cm³/mol. The monoisotopic (exact) mass is 436 g/mol. The molecule has 0 N–H and O–H groups in total. The molecule has 1 atom stereocenters. The Morgan fingerprint density at radius 1 is 1.07 bits per heavy atom. The van der Waals surface area contributed by atoms with Crippen molar-refractivity contribution in [2.45, 2.75) is 12.5 Å². The molecule has 30 heavy (non-hydrogen) atoms. The van der Waals surface area contributed by atoms with Gasteiger partial charge in [-0.15, -0.1) is 5.10 Å². The molecule has 2 aromatic carbocycles. The molecule has 4 aromatic rings. The molecule has 150 valence electrons. The summed E-state index contributed by atoms with van der Waals surface area (Å²) in [6, 6.07) is 15.8. The van der Waals surface area contributed by atoms with Crippen LogP contribution in [0.1, 0.15) is 28.7 Å². The van der Waals surface area contributed by atoms with Crippen LogP contribution in [0.15, 0.2) is 66.0 Å². The number of benzene rings is 2. The molecule has 0 unspecified atom stereocenters. The molecule has 4 heterocycles. The maximum atomic E-state index is 6.25. The van der Waals surface area contributed by atoms with E-state index in [0.717, 1.165) is 34.0 Å². The highest BCUT2D eigenvalue weighted by atomic mass is 35.5. The van der Waals surface area contributed by atoms with Crippen LogP contribution in [0.5, 0.6) is 0 Å². The molecule has 7 nitrogen and oxygen atoms in total. The van der Waals surface area contributed by atoms with Crippen LogP contribution >= 0.6 is 25.1 Å². The van der Waals surface area contributed by atoms with Gasteiger partial charge in [-0.1, -0.05) is 47.1 Å². The Morgan fingerprint density at radius 2 is 1.93 bits per heavy atom. The average molecular weight is 437 g/mol. The minimum absolute atomic E-state index is 0. The number of rotatable bonds is 2. The smallest absolute Gasteiger partial charge is 0.238 e. The number of aliphatic imine (C=N–C) groups is 1. The molecule has 0 saturated carbocycles. The lowest BCUT2D eigenvalue weighted by atomic mass is 10.1. The average Bonchev–Trinajstić information content (AvgIpc) is 3.48. The first-order valence-electron chi connectivity index (χ1n) is 9.30. The topological polar surface area (TPSA) is 70.1 Å². The summed E-state index contributed by atoms with van der Waals surface area (Å²) in [5.74, 6) is 0.573. The van der Waals surface area contributed by atoms with Crippen LogP contribution < -0.4 is 0 Å². The highest BCUT2D eigenvalue weighted by Crippen LogP contribution is 2.32. The summed E-state index contributed by atoms with van der Waals surface area (Å²) in [5, 5.41) is 8.98. The number of fused-ring (bicyclic) bond motifs is 5. The molecule has 2 aromatic heterocycles. The van der Waals surface area contributed by atoms with Gasteiger partial charge in [0.05, 0.1) is 35.5 Å². The van der Waals surface area contributed by atoms with E-state index in [1.54, 1.807) is 12.5 Å². The Labute approximate surface area is 184 Å². The first-order chi connectivity index (χ1) is 14.3. The van der Waals surface area contributed by atoms with Gasteiger partial charge in [-0.25, -0.2) is 14.7 Å². The van der Waals surface area contributed by atoms with E-state index in [-0.39, 0.29) is 19.6 Å². The van der Waals surface area contributed by atoms with Crippen molar-refractivity contribution in [1.29, 1.82) is 0 Å². The highest BCUT2D eigenvalue weighted by Gasteiger charge is 2.30. The van der Waals surface area contributed by atoms with Gasteiger partial charge in [0, 0.05) is 11.4 Å². The molecule has 9 heteroatoms. The fourth-order valence-corrected chi connectivity index (χ4v) is 4.06. The zero-order chi connectivity index (χ0) is 19.4. The van der Waals surface area contributed by atoms with E-state index in [1.807, 2.05) is 41.1 Å². The van der Waals surface area contributed by atoms with Gasteiger partial charge in [0.1, 0.15) is 18.1 Å². The number of hydrogen-bond donors (Lipinski definition) is 0. The summed E-state index contributed by atoms with van der Waals surface area (Å²) in [4.78, 5) is 9.30. The number of ether oxygens (including phenoxy) is 1. The summed E-state index contributed by atoms with van der Waals surface area (Å²) < 4.78 is 10.1. The molecule has 2 aliphatic heterocycles. The molecular weight excluding hydrogens is 420 g/mol. The van der Waals surface area contributed by atoms with E-state index in [4.69, 9.17) is 16.3 Å². The van der Waals surface area contributed by atoms with Crippen molar-refractivity contribution in [3.05, 3.63) is 88.7 Å². The second kappa shape index (κ2) is 7.30. The second-order valence-corrected chi connectivity index (χ2v) is 7.46. The van der Waals surface area contributed by atoms with Gasteiger partial charge in [-0.2, -0.15) is 13.5 Å². The maximum absolute atomic E-state index is 6.25. The Hall–Kier alpha value is -3.10. The number of imidazole rings is 1. The zero-order valence-electron chi connectivity index (χ0n) is 15.7. The molecule has 0 bridgehead atoms. The van der Waals surface area contributed by atoms with Crippen molar-refractivity contribution >= 4 is 31.0 Å². The van der Waals surface area contributed by atoms with Gasteiger partial charge < -0.3 is 4.74 Å². The quantitative estimate of drug-likeness (QED) is 0.423. The molecule has 0 amide bonds. The van der Waals surface area contributed by atoms with E-state index in [0.29, 0.717) is 23.9 Å². The van der Waals surface area contributed by atoms with E-state index >= 15 is 0 Å². The number of nitrogens with zero attached hydrogens (tertiary/aromatic N) is 6. The first-order valence-corrected chi connectivity index (χ1v) is 9.68. The fourth-order valence-electron chi connectivity index (χ4n) is 3.90. The molecule has 0 saturated heterocycles. The van der Waals surface area contributed by atoms with E-state index in [9.17, 15) is 0 Å². The summed E-state index contributed by atoms with van der Waals surface area (Å²) in [6.45, 7) is 0.581. The van der Waals surface area contributed by atoms with E-state index < -0.39 is 0 Å². The maximum Gasteiger partial charge on any atom is 0.238 e. The third kappa shape index (κ3) is 2.91. The third-order valence-corrected chi connectivity index (χ3v) is 5.52. The van der Waals surface area contributed by atoms with Crippen LogP contribution in [0.4, 0.5) is 0 Å². The van der Waals surface area contributed by atoms with Crippen molar-refractivity contribution in [2.24, 2.45) is 4.99 Å². The largest absolute Gasteiger partial charge is 0.466 e. The molecule has 2 aliphatic rings. The van der Waals surface area contributed by atoms with Gasteiger partial charge in [0.25, 0.3) is 0 Å². The SMILES string of the molecule is Clc1ccc2c(c1)-n1nncc1Cc1c(C3=NC[C@H](c4ccccc4)O3)ncn1-2.S. The predicted octanol–water partition coefficient (Wildman–Crippen LogP) is 3.64. The molecule has 0 aliphatic carbocycles. The van der Waals surface area contributed by atoms with Crippen LogP contribution in [0.2, 0.25) is 5.02 Å². The normalized spacial score (nSPS) is 16.4. The van der Waals surface area contributed by atoms with E-state index in [1.165, 1.54) is 0 Å². The lowest BCUT2D eigenvalue weighted by Gasteiger charge is -2.12. The molecular formula is C21H17ClN6OS. The highest BCUT2D eigenvalue weighted by molar-refractivity contribution is 7.59. The minimum atomic E-state index is -0.0902. The standard InChI is InChI=1S/C21H15ClN6O.H2S/c22-14-6-7-16-17(8-14)28-15(10-25-26-28)9-18-20(24-12-27(16)18)21-23-11-19(29-21)13-4-2-1-3-5-13;/h1-8,10,12,19H,9,11H2;1H2/t19-;/m1./s1. The second-order valence-electron chi connectivity index (χ2n) is 7.02. The van der Waals surface area contributed by atoms with Crippen LogP contribution in [-0.4, -0.2) is 37.0 Å². The van der Waals surface area contributed by atoms with Crippen LogP contribution in [0.25, 0.3) is 11.4 Å². The fraction of sp³-hybridized carbons (Fsp3) is 0.143. The van der Waals surface area contributed by atoms with Crippen molar-refractivity contribution < 1.29 is 4.74 Å². The Bertz CT molecular complexity index is 1270. The van der Waals surface area contributed by atoms with Crippen molar-refractivity contribution in [2.75, 3.05) is 6.54 Å². The Morgan fingerprint density at radius 3 is 2.80 bits per heavy atom. The summed E-state index contributed by atoms with van der Waals surface area (Å²) >= 11 is 6.25. The van der Waals surface area contributed by atoms with Crippen LogP contribution in [0.3, 0.4) is 0 Å². The van der Waals surface area contributed by atoms with Gasteiger partial charge >= 0.3 is 0 Å². The summed E-state index contributed by atoms with van der Waals surface area (Å²) in [5.41, 5.74) is 5.60. The van der Waals surface area contributed by atoms with Crippen LogP contribution in [0, 0.1) is 0 Å². The Kier molecular flexibility index (Phi) is 4.60. The molecule has 0 spiro atoms.